The summed E-state index contributed by atoms with van der Waals surface area (Å²) >= 11 is 3.98. The number of fused-ring (bicyclic) bond motifs is 1. The number of nitrogens with one attached hydrogen (secondary N) is 1. The van der Waals surface area contributed by atoms with Gasteiger partial charge < -0.3 is 5.32 Å². The molecule has 0 fully saturated rings. The van der Waals surface area contributed by atoms with E-state index in [1.54, 1.807) is 10.4 Å². The average Bonchev–Trinajstić information content (AvgIpc) is 2.78. The standard InChI is InChI=1S/C14H23NS2/c1-3-16-9-7-11(2)15-13-5-4-6-14-12(13)8-10-17-14/h8,10-11,13,15H,3-7,9H2,1-2H3. The first-order chi connectivity index (χ1) is 8.31. The van der Waals surface area contributed by atoms with Crippen molar-refractivity contribution in [2.24, 2.45) is 0 Å². The van der Waals surface area contributed by atoms with Gasteiger partial charge in [0.25, 0.3) is 0 Å². The van der Waals surface area contributed by atoms with Crippen molar-refractivity contribution in [1.82, 2.24) is 5.32 Å². The van der Waals surface area contributed by atoms with Crippen LogP contribution in [0.3, 0.4) is 0 Å². The Labute approximate surface area is 113 Å². The molecule has 0 amide bonds. The molecular weight excluding hydrogens is 246 g/mol. The molecule has 1 heterocycles. The molecular formula is C14H23NS2. The molecule has 1 aliphatic rings. The molecule has 1 aromatic heterocycles. The third-order valence-electron chi connectivity index (χ3n) is 3.44. The second-order valence-corrected chi connectivity index (χ2v) is 7.19. The Bertz CT molecular complexity index is 335. The predicted molar refractivity (Wildman–Crippen MR) is 80.2 cm³/mol. The molecule has 2 atom stereocenters. The second-order valence-electron chi connectivity index (χ2n) is 4.80. The van der Waals surface area contributed by atoms with Gasteiger partial charge in [0.05, 0.1) is 0 Å². The van der Waals surface area contributed by atoms with Crippen LogP contribution in [0.15, 0.2) is 11.4 Å². The number of thiophene rings is 1. The zero-order valence-corrected chi connectivity index (χ0v) is 12.5. The summed E-state index contributed by atoms with van der Waals surface area (Å²) in [6, 6.07) is 3.58. The van der Waals surface area contributed by atoms with E-state index in [1.807, 2.05) is 23.1 Å². The van der Waals surface area contributed by atoms with Crippen molar-refractivity contribution in [2.45, 2.75) is 51.6 Å². The van der Waals surface area contributed by atoms with E-state index < -0.39 is 0 Å². The highest BCUT2D eigenvalue weighted by Crippen LogP contribution is 2.33. The van der Waals surface area contributed by atoms with E-state index in [4.69, 9.17) is 0 Å². The summed E-state index contributed by atoms with van der Waals surface area (Å²) in [5.74, 6) is 2.53. The van der Waals surface area contributed by atoms with Crippen molar-refractivity contribution in [3.05, 3.63) is 21.9 Å². The van der Waals surface area contributed by atoms with E-state index in [-0.39, 0.29) is 0 Å². The number of thioether (sulfide) groups is 1. The smallest absolute Gasteiger partial charge is 0.0333 e. The maximum absolute atomic E-state index is 3.81. The van der Waals surface area contributed by atoms with Gasteiger partial charge in [0.1, 0.15) is 0 Å². The van der Waals surface area contributed by atoms with E-state index in [1.165, 1.54) is 37.2 Å². The molecule has 1 nitrogen and oxygen atoms in total. The van der Waals surface area contributed by atoms with Gasteiger partial charge in [0.15, 0.2) is 0 Å². The van der Waals surface area contributed by atoms with Crippen LogP contribution in [0.1, 0.15) is 49.6 Å². The summed E-state index contributed by atoms with van der Waals surface area (Å²) in [6.45, 7) is 4.57. The van der Waals surface area contributed by atoms with Crippen molar-refractivity contribution < 1.29 is 0 Å². The lowest BCUT2D eigenvalue weighted by molar-refractivity contribution is 0.406. The molecule has 3 heteroatoms. The van der Waals surface area contributed by atoms with Crippen LogP contribution in [0.25, 0.3) is 0 Å². The quantitative estimate of drug-likeness (QED) is 0.775. The Kier molecular flexibility index (Phi) is 5.39. The molecule has 17 heavy (non-hydrogen) atoms. The fourth-order valence-electron chi connectivity index (χ4n) is 2.49. The highest BCUT2D eigenvalue weighted by Gasteiger charge is 2.21. The van der Waals surface area contributed by atoms with Crippen LogP contribution < -0.4 is 5.32 Å². The summed E-state index contributed by atoms with van der Waals surface area (Å²) in [7, 11) is 0. The van der Waals surface area contributed by atoms with Gasteiger partial charge in [0.2, 0.25) is 0 Å². The van der Waals surface area contributed by atoms with Gasteiger partial charge in [-0.05, 0) is 61.1 Å². The maximum atomic E-state index is 3.81. The molecule has 0 aliphatic heterocycles. The summed E-state index contributed by atoms with van der Waals surface area (Å²) in [5, 5.41) is 6.07. The summed E-state index contributed by atoms with van der Waals surface area (Å²) in [5.41, 5.74) is 1.58. The molecule has 0 bridgehead atoms. The highest BCUT2D eigenvalue weighted by atomic mass is 32.2. The largest absolute Gasteiger partial charge is 0.307 e. The predicted octanol–water partition coefficient (Wildman–Crippen LogP) is 4.25. The molecule has 0 aromatic carbocycles. The van der Waals surface area contributed by atoms with Crippen molar-refractivity contribution in [3.63, 3.8) is 0 Å². The van der Waals surface area contributed by atoms with Gasteiger partial charge in [-0.25, -0.2) is 0 Å². The Morgan fingerprint density at radius 2 is 2.47 bits per heavy atom. The van der Waals surface area contributed by atoms with Crippen molar-refractivity contribution in [1.29, 1.82) is 0 Å². The number of rotatable bonds is 6. The molecule has 2 rings (SSSR count). The lowest BCUT2D eigenvalue weighted by Crippen LogP contribution is -2.32. The van der Waals surface area contributed by atoms with Gasteiger partial charge >= 0.3 is 0 Å². The van der Waals surface area contributed by atoms with Crippen molar-refractivity contribution in [2.75, 3.05) is 11.5 Å². The molecule has 0 spiro atoms. The zero-order valence-electron chi connectivity index (χ0n) is 10.9. The molecule has 1 aliphatic carbocycles. The SMILES string of the molecule is CCSCCC(C)NC1CCCc2sccc21. The lowest BCUT2D eigenvalue weighted by Gasteiger charge is -2.27. The Morgan fingerprint density at radius 1 is 1.59 bits per heavy atom. The van der Waals surface area contributed by atoms with Gasteiger partial charge in [-0.1, -0.05) is 6.92 Å². The van der Waals surface area contributed by atoms with Crippen LogP contribution in [0.4, 0.5) is 0 Å². The van der Waals surface area contributed by atoms with Gasteiger partial charge in [-0.3, -0.25) is 0 Å². The molecule has 96 valence electrons. The first-order valence-corrected chi connectivity index (χ1v) is 8.74. The average molecular weight is 269 g/mol. The fraction of sp³-hybridized carbons (Fsp3) is 0.714. The number of hydrogen-bond acceptors (Lipinski definition) is 3. The third kappa shape index (κ3) is 3.73. The Hall–Kier alpha value is 0.0100. The first-order valence-electron chi connectivity index (χ1n) is 6.71. The van der Waals surface area contributed by atoms with Crippen LogP contribution in [-0.2, 0) is 6.42 Å². The number of hydrogen-bond donors (Lipinski definition) is 1. The molecule has 1 N–H and O–H groups in total. The van der Waals surface area contributed by atoms with E-state index in [0.717, 1.165) is 0 Å². The lowest BCUT2D eigenvalue weighted by atomic mass is 9.93. The normalized spacial score (nSPS) is 21.2. The Balaban J connectivity index is 1.84. The molecule has 2 unspecified atom stereocenters. The molecule has 0 saturated carbocycles. The van der Waals surface area contributed by atoms with E-state index in [2.05, 4.69) is 30.6 Å². The van der Waals surface area contributed by atoms with Crippen LogP contribution in [-0.4, -0.2) is 17.5 Å². The fourth-order valence-corrected chi connectivity index (χ4v) is 4.29. The second kappa shape index (κ2) is 6.81. The summed E-state index contributed by atoms with van der Waals surface area (Å²) < 4.78 is 0. The Morgan fingerprint density at radius 3 is 3.29 bits per heavy atom. The topological polar surface area (TPSA) is 12.0 Å². The van der Waals surface area contributed by atoms with Crippen LogP contribution in [0.5, 0.6) is 0 Å². The third-order valence-corrected chi connectivity index (χ3v) is 5.37. The molecule has 0 radical (unpaired) electrons. The van der Waals surface area contributed by atoms with Crippen molar-refractivity contribution in [3.8, 4) is 0 Å². The minimum absolute atomic E-state index is 0.617. The van der Waals surface area contributed by atoms with Crippen molar-refractivity contribution >= 4 is 23.1 Å². The minimum atomic E-state index is 0.617. The van der Waals surface area contributed by atoms with E-state index in [0.29, 0.717) is 12.1 Å². The molecule has 0 saturated heterocycles. The first kappa shape index (κ1) is 13.4. The van der Waals surface area contributed by atoms with Gasteiger partial charge in [-0.2, -0.15) is 11.8 Å². The van der Waals surface area contributed by atoms with Gasteiger partial charge in [0, 0.05) is 17.0 Å². The number of aryl methyl sites for hydroxylation is 1. The van der Waals surface area contributed by atoms with E-state index >= 15 is 0 Å². The van der Waals surface area contributed by atoms with Crippen LogP contribution >= 0.6 is 23.1 Å². The van der Waals surface area contributed by atoms with E-state index in [9.17, 15) is 0 Å². The minimum Gasteiger partial charge on any atom is -0.307 e. The van der Waals surface area contributed by atoms with Crippen LogP contribution in [0, 0.1) is 0 Å². The summed E-state index contributed by atoms with van der Waals surface area (Å²) in [6.07, 6.45) is 5.25. The van der Waals surface area contributed by atoms with Crippen LogP contribution in [0.2, 0.25) is 0 Å². The maximum Gasteiger partial charge on any atom is 0.0333 e. The highest BCUT2D eigenvalue weighted by molar-refractivity contribution is 7.99. The molecule has 1 aromatic rings. The zero-order chi connectivity index (χ0) is 12.1. The monoisotopic (exact) mass is 269 g/mol. The van der Waals surface area contributed by atoms with Gasteiger partial charge in [-0.15, -0.1) is 11.3 Å². The summed E-state index contributed by atoms with van der Waals surface area (Å²) in [4.78, 5) is 1.61.